The van der Waals surface area contributed by atoms with Gasteiger partial charge in [0.25, 0.3) is 0 Å². The van der Waals surface area contributed by atoms with Crippen molar-refractivity contribution in [3.05, 3.63) is 48.6 Å². The van der Waals surface area contributed by atoms with Crippen molar-refractivity contribution in [3.8, 4) is 0 Å². The third-order valence-electron chi connectivity index (χ3n) is 9.89. The van der Waals surface area contributed by atoms with Crippen molar-refractivity contribution in [2.24, 2.45) is 0 Å². The average Bonchev–Trinajstić information content (AvgIpc) is 3.15. The number of hydrogen-bond acceptors (Lipinski definition) is 6. The lowest BCUT2D eigenvalue weighted by Gasteiger charge is -2.28. The summed E-state index contributed by atoms with van der Waals surface area (Å²) >= 11 is 0. The summed E-state index contributed by atoms with van der Waals surface area (Å²) in [5.41, 5.74) is 0. The molecule has 54 heavy (non-hydrogen) atoms. The number of esters is 2. The van der Waals surface area contributed by atoms with E-state index >= 15 is 0 Å². The van der Waals surface area contributed by atoms with E-state index in [0.717, 1.165) is 64.2 Å². The Bertz CT molecular complexity index is 878. The highest BCUT2D eigenvalue weighted by atomic mass is 16.6. The fourth-order valence-corrected chi connectivity index (χ4v) is 6.39. The zero-order valence-electron chi connectivity index (χ0n) is 36.5. The van der Waals surface area contributed by atoms with Crippen LogP contribution in [0.2, 0.25) is 0 Å². The van der Waals surface area contributed by atoms with Gasteiger partial charge in [0.1, 0.15) is 12.2 Å². The van der Waals surface area contributed by atoms with E-state index in [9.17, 15) is 9.59 Å². The first kappa shape index (κ1) is 51.8. The Morgan fingerprint density at radius 2 is 0.722 bits per heavy atom. The summed E-state index contributed by atoms with van der Waals surface area (Å²) in [6.07, 6.45) is 48.6. The number of ether oxygens (including phenoxy) is 2. The van der Waals surface area contributed by atoms with Crippen LogP contribution < -0.4 is 0 Å². The standard InChI is InChI=1S/C48H88N2O4/c1-7-9-11-13-15-17-19-21-23-25-27-29-31-33-35-37-39-45(53-47(51)41-43-49(3)4)46(54-48(52)42-44-50(5)6)40-38-36-34-32-30-28-26-24-22-20-18-16-14-12-10-8-2/h15-18,21-24,45-46H,7-14,19-20,25-44H2,1-6H3/b17-15-,18-16-,23-21-,24-22-. The number of carbonyl (C=O) groups excluding carboxylic acids is 2. The maximum absolute atomic E-state index is 12.9. The van der Waals surface area contributed by atoms with Gasteiger partial charge in [-0.05, 0) is 118 Å². The van der Waals surface area contributed by atoms with E-state index < -0.39 is 0 Å². The molecule has 0 aliphatic rings. The van der Waals surface area contributed by atoms with Gasteiger partial charge in [-0.2, -0.15) is 0 Å². The highest BCUT2D eigenvalue weighted by Crippen LogP contribution is 2.22. The lowest BCUT2D eigenvalue weighted by molar-refractivity contribution is -0.169. The predicted molar refractivity (Wildman–Crippen MR) is 234 cm³/mol. The van der Waals surface area contributed by atoms with Gasteiger partial charge in [-0.15, -0.1) is 0 Å². The molecule has 6 heteroatoms. The summed E-state index contributed by atoms with van der Waals surface area (Å²) in [5, 5.41) is 0. The van der Waals surface area contributed by atoms with Crippen molar-refractivity contribution < 1.29 is 19.1 Å². The van der Waals surface area contributed by atoms with Gasteiger partial charge in [0, 0.05) is 13.1 Å². The number of rotatable bonds is 39. The molecule has 6 nitrogen and oxygen atoms in total. The Hall–Kier alpha value is -2.18. The monoisotopic (exact) mass is 757 g/mol. The highest BCUT2D eigenvalue weighted by molar-refractivity contribution is 5.71. The molecule has 2 unspecified atom stereocenters. The number of carbonyl (C=O) groups is 2. The summed E-state index contributed by atoms with van der Waals surface area (Å²) in [4.78, 5) is 29.9. The third-order valence-corrected chi connectivity index (χ3v) is 9.89. The summed E-state index contributed by atoms with van der Waals surface area (Å²) in [6.45, 7) is 5.80. The minimum Gasteiger partial charge on any atom is -0.458 e. The molecule has 0 amide bonds. The third kappa shape index (κ3) is 38.1. The second kappa shape index (κ2) is 40.5. The van der Waals surface area contributed by atoms with Crippen molar-refractivity contribution in [1.29, 1.82) is 0 Å². The van der Waals surface area contributed by atoms with E-state index in [2.05, 4.69) is 62.5 Å². The molecule has 0 saturated heterocycles. The fraction of sp³-hybridized carbons (Fsp3) is 0.792. The molecule has 0 aliphatic carbocycles. The second-order valence-electron chi connectivity index (χ2n) is 15.9. The van der Waals surface area contributed by atoms with E-state index in [1.54, 1.807) is 0 Å². The number of hydrogen-bond donors (Lipinski definition) is 0. The van der Waals surface area contributed by atoms with Crippen LogP contribution in [0.5, 0.6) is 0 Å². The van der Waals surface area contributed by atoms with Crippen molar-refractivity contribution in [2.45, 2.75) is 206 Å². The lowest BCUT2D eigenvalue weighted by Crippen LogP contribution is -2.36. The molecule has 2 atom stereocenters. The van der Waals surface area contributed by atoms with Gasteiger partial charge in [0.05, 0.1) is 12.8 Å². The summed E-state index contributed by atoms with van der Waals surface area (Å²) in [5.74, 6) is -0.389. The smallest absolute Gasteiger partial charge is 0.307 e. The topological polar surface area (TPSA) is 59.1 Å². The van der Waals surface area contributed by atoms with Gasteiger partial charge in [0.2, 0.25) is 0 Å². The summed E-state index contributed by atoms with van der Waals surface area (Å²) < 4.78 is 12.2. The van der Waals surface area contributed by atoms with E-state index in [4.69, 9.17) is 9.47 Å². The van der Waals surface area contributed by atoms with Crippen LogP contribution in [0.4, 0.5) is 0 Å². The zero-order valence-corrected chi connectivity index (χ0v) is 36.5. The van der Waals surface area contributed by atoms with Gasteiger partial charge in [-0.3, -0.25) is 9.59 Å². The number of unbranched alkanes of at least 4 members (excludes halogenated alkanes) is 18. The average molecular weight is 757 g/mol. The normalized spacial score (nSPS) is 13.4. The molecule has 0 fully saturated rings. The molecule has 314 valence electrons. The molecule has 0 radical (unpaired) electrons. The molecule has 0 heterocycles. The van der Waals surface area contributed by atoms with Gasteiger partial charge in [-0.1, -0.05) is 140 Å². The first-order valence-electron chi connectivity index (χ1n) is 22.6. The van der Waals surface area contributed by atoms with Crippen molar-refractivity contribution >= 4 is 11.9 Å². The maximum atomic E-state index is 12.9. The Kier molecular flexibility index (Phi) is 38.8. The molecule has 0 saturated carbocycles. The van der Waals surface area contributed by atoms with Gasteiger partial charge < -0.3 is 19.3 Å². The second-order valence-corrected chi connectivity index (χ2v) is 15.9. The molecule has 0 spiro atoms. The zero-order chi connectivity index (χ0) is 39.7. The van der Waals surface area contributed by atoms with Crippen LogP contribution >= 0.6 is 0 Å². The van der Waals surface area contributed by atoms with Crippen LogP contribution in [0, 0.1) is 0 Å². The van der Waals surface area contributed by atoms with Gasteiger partial charge in [0.15, 0.2) is 0 Å². The van der Waals surface area contributed by atoms with E-state index in [-0.39, 0.29) is 24.1 Å². The molecule has 0 aromatic rings. The highest BCUT2D eigenvalue weighted by Gasteiger charge is 2.28. The Balaban J connectivity index is 4.79. The quantitative estimate of drug-likeness (QED) is 0.0354. The van der Waals surface area contributed by atoms with Crippen LogP contribution in [0.25, 0.3) is 0 Å². The van der Waals surface area contributed by atoms with E-state index in [0.29, 0.717) is 25.9 Å². The molecule has 0 aromatic heterocycles. The van der Waals surface area contributed by atoms with Crippen LogP contribution in [-0.2, 0) is 19.1 Å². The fourth-order valence-electron chi connectivity index (χ4n) is 6.39. The van der Waals surface area contributed by atoms with Gasteiger partial charge >= 0.3 is 11.9 Å². The molecule has 0 N–H and O–H groups in total. The maximum Gasteiger partial charge on any atom is 0.307 e. The summed E-state index contributed by atoms with van der Waals surface area (Å²) in [7, 11) is 7.87. The first-order valence-corrected chi connectivity index (χ1v) is 22.6. The molecular formula is C48H88N2O4. The Morgan fingerprint density at radius 1 is 0.426 bits per heavy atom. The SMILES string of the molecule is CCCCC/C=C\C/C=C\CCCCCCCCC(OC(=O)CCN(C)C)C(CCCCCCCC/C=C\C/C=C\CCCCC)OC(=O)CCN(C)C. The molecule has 0 aromatic carbocycles. The Labute approximate surface area is 335 Å². The minimum atomic E-state index is -0.383. The first-order chi connectivity index (χ1) is 26.3. The molecular weight excluding hydrogens is 669 g/mol. The number of nitrogens with zero attached hydrogens (tertiary/aromatic N) is 2. The van der Waals surface area contributed by atoms with Crippen LogP contribution in [0.15, 0.2) is 48.6 Å². The largest absolute Gasteiger partial charge is 0.458 e. The predicted octanol–water partition coefficient (Wildman–Crippen LogP) is 13.1. The van der Waals surface area contributed by atoms with E-state index in [1.165, 1.54) is 103 Å². The summed E-state index contributed by atoms with van der Waals surface area (Å²) in [6, 6.07) is 0. The van der Waals surface area contributed by atoms with E-state index in [1.807, 2.05) is 38.0 Å². The van der Waals surface area contributed by atoms with Gasteiger partial charge in [-0.25, -0.2) is 0 Å². The van der Waals surface area contributed by atoms with Crippen molar-refractivity contribution in [2.75, 3.05) is 41.3 Å². The van der Waals surface area contributed by atoms with Crippen LogP contribution in [-0.4, -0.2) is 75.2 Å². The molecule has 0 aliphatic heterocycles. The Morgan fingerprint density at radius 3 is 1.04 bits per heavy atom. The van der Waals surface area contributed by atoms with Crippen molar-refractivity contribution in [1.82, 2.24) is 9.80 Å². The van der Waals surface area contributed by atoms with Crippen LogP contribution in [0.3, 0.4) is 0 Å². The minimum absolute atomic E-state index is 0.194. The molecule has 0 bridgehead atoms. The van der Waals surface area contributed by atoms with Crippen LogP contribution in [0.1, 0.15) is 194 Å². The van der Waals surface area contributed by atoms with Crippen molar-refractivity contribution in [3.63, 3.8) is 0 Å². The molecule has 0 rings (SSSR count). The number of allylic oxidation sites excluding steroid dienone is 8. The lowest BCUT2D eigenvalue weighted by atomic mass is 9.98.